The van der Waals surface area contributed by atoms with E-state index in [9.17, 15) is 9.59 Å². The van der Waals surface area contributed by atoms with Gasteiger partial charge < -0.3 is 20.7 Å². The summed E-state index contributed by atoms with van der Waals surface area (Å²) in [6.07, 6.45) is 0. The second kappa shape index (κ2) is 7.25. The van der Waals surface area contributed by atoms with Gasteiger partial charge >= 0.3 is 5.97 Å². The van der Waals surface area contributed by atoms with Crippen molar-refractivity contribution in [2.45, 2.75) is 13.0 Å². The summed E-state index contributed by atoms with van der Waals surface area (Å²) in [7, 11) is 3.70. The Hall–Kier alpha value is -1.60. The van der Waals surface area contributed by atoms with Crippen LogP contribution in [0.1, 0.15) is 6.92 Å². The van der Waals surface area contributed by atoms with E-state index in [1.807, 2.05) is 31.1 Å². The van der Waals surface area contributed by atoms with Crippen LogP contribution in [0, 0.1) is 0 Å². The summed E-state index contributed by atoms with van der Waals surface area (Å²) in [5.74, 6) is -1.35. The Morgan fingerprint density at radius 2 is 2.10 bits per heavy atom. The van der Waals surface area contributed by atoms with E-state index < -0.39 is 17.9 Å². The van der Waals surface area contributed by atoms with Crippen molar-refractivity contribution in [3.63, 3.8) is 0 Å². The van der Waals surface area contributed by atoms with Gasteiger partial charge in [0.05, 0.1) is 18.0 Å². The van der Waals surface area contributed by atoms with Crippen LogP contribution in [0.2, 0.25) is 0 Å². The fraction of sp³-hybridized carbons (Fsp3) is 0.385. The molecule has 20 heavy (non-hydrogen) atoms. The lowest BCUT2D eigenvalue weighted by molar-refractivity contribution is -0.146. The summed E-state index contributed by atoms with van der Waals surface area (Å²) >= 11 is 3.33. The molecule has 3 N–H and O–H groups in total. The van der Waals surface area contributed by atoms with E-state index in [0.717, 1.165) is 10.2 Å². The first-order chi connectivity index (χ1) is 9.36. The maximum Gasteiger partial charge on any atom is 0.332 e. The molecule has 6 nitrogen and oxygen atoms in total. The van der Waals surface area contributed by atoms with Gasteiger partial charge in [0, 0.05) is 18.6 Å². The molecule has 0 fully saturated rings. The fourth-order valence-electron chi connectivity index (χ4n) is 1.55. The highest BCUT2D eigenvalue weighted by atomic mass is 79.9. The first-order valence-corrected chi connectivity index (χ1v) is 6.86. The van der Waals surface area contributed by atoms with Gasteiger partial charge in [0.1, 0.15) is 0 Å². The molecule has 0 heterocycles. The highest BCUT2D eigenvalue weighted by Gasteiger charge is 2.24. The molecule has 1 rings (SSSR count). The van der Waals surface area contributed by atoms with E-state index in [0.29, 0.717) is 5.69 Å². The van der Waals surface area contributed by atoms with Crippen LogP contribution in [-0.2, 0) is 14.3 Å². The molecule has 0 saturated carbocycles. The molecule has 1 atom stereocenters. The zero-order valence-corrected chi connectivity index (χ0v) is 13.2. The van der Waals surface area contributed by atoms with Gasteiger partial charge in [-0.3, -0.25) is 4.79 Å². The van der Waals surface area contributed by atoms with Crippen LogP contribution in [0.4, 0.5) is 11.4 Å². The van der Waals surface area contributed by atoms with Crippen LogP contribution in [0.15, 0.2) is 22.7 Å². The Morgan fingerprint density at radius 3 is 2.65 bits per heavy atom. The number of ether oxygens (including phenoxy) is 1. The lowest BCUT2D eigenvalue weighted by atomic mass is 10.2. The smallest absolute Gasteiger partial charge is 0.332 e. The van der Waals surface area contributed by atoms with Gasteiger partial charge in [0.25, 0.3) is 5.91 Å². The number of halogens is 1. The van der Waals surface area contributed by atoms with E-state index in [1.54, 1.807) is 13.0 Å². The fourth-order valence-corrected chi connectivity index (χ4v) is 1.91. The Balaban J connectivity index is 2.90. The van der Waals surface area contributed by atoms with Crippen LogP contribution >= 0.6 is 15.9 Å². The SMILES string of the molecule is CCOC(=O)C(N)C(=O)Nc1cc(Br)ccc1N(C)C. The van der Waals surface area contributed by atoms with Crippen LogP contribution < -0.4 is 16.0 Å². The molecule has 0 radical (unpaired) electrons. The number of esters is 1. The molecule has 110 valence electrons. The van der Waals surface area contributed by atoms with E-state index in [1.165, 1.54) is 0 Å². The third-order valence-corrected chi connectivity index (χ3v) is 3.01. The number of benzene rings is 1. The van der Waals surface area contributed by atoms with Crippen molar-refractivity contribution >= 4 is 39.2 Å². The third kappa shape index (κ3) is 4.21. The Kier molecular flexibility index (Phi) is 5.97. The van der Waals surface area contributed by atoms with Gasteiger partial charge in [-0.15, -0.1) is 0 Å². The van der Waals surface area contributed by atoms with E-state index in [4.69, 9.17) is 10.5 Å². The van der Waals surface area contributed by atoms with Crippen molar-refractivity contribution in [2.75, 3.05) is 30.9 Å². The highest BCUT2D eigenvalue weighted by molar-refractivity contribution is 9.10. The second-order valence-electron chi connectivity index (χ2n) is 4.27. The first kappa shape index (κ1) is 16.5. The molecular formula is C13H18BrN3O3. The number of hydrogen-bond acceptors (Lipinski definition) is 5. The molecule has 1 amide bonds. The Morgan fingerprint density at radius 1 is 1.45 bits per heavy atom. The van der Waals surface area contributed by atoms with Crippen LogP contribution in [0.25, 0.3) is 0 Å². The maximum absolute atomic E-state index is 11.9. The second-order valence-corrected chi connectivity index (χ2v) is 5.19. The number of anilines is 2. The number of amides is 1. The van der Waals surface area contributed by atoms with Crippen molar-refractivity contribution in [1.82, 2.24) is 0 Å². The molecule has 0 spiro atoms. The van der Waals surface area contributed by atoms with Gasteiger partial charge in [0.15, 0.2) is 6.04 Å². The lowest BCUT2D eigenvalue weighted by Gasteiger charge is -2.19. The van der Waals surface area contributed by atoms with Crippen molar-refractivity contribution in [3.8, 4) is 0 Å². The molecule has 0 saturated heterocycles. The Bertz CT molecular complexity index is 506. The van der Waals surface area contributed by atoms with E-state index in [2.05, 4.69) is 21.2 Å². The van der Waals surface area contributed by atoms with Gasteiger partial charge in [-0.2, -0.15) is 0 Å². The number of nitrogens with zero attached hydrogens (tertiary/aromatic N) is 1. The molecule has 0 bridgehead atoms. The van der Waals surface area contributed by atoms with E-state index >= 15 is 0 Å². The summed E-state index contributed by atoms with van der Waals surface area (Å²) in [5.41, 5.74) is 6.91. The lowest BCUT2D eigenvalue weighted by Crippen LogP contribution is -2.43. The van der Waals surface area contributed by atoms with Gasteiger partial charge in [-0.05, 0) is 25.1 Å². The molecule has 1 unspecified atom stereocenters. The number of rotatable bonds is 5. The summed E-state index contributed by atoms with van der Waals surface area (Å²) in [5, 5.41) is 2.64. The molecule has 7 heteroatoms. The third-order valence-electron chi connectivity index (χ3n) is 2.52. The number of carbonyl (C=O) groups excluding carboxylic acids is 2. The van der Waals surface area contributed by atoms with Crippen LogP contribution in [-0.4, -0.2) is 38.6 Å². The summed E-state index contributed by atoms with van der Waals surface area (Å²) < 4.78 is 5.53. The first-order valence-electron chi connectivity index (χ1n) is 6.06. The Labute approximate surface area is 126 Å². The predicted molar refractivity (Wildman–Crippen MR) is 81.7 cm³/mol. The van der Waals surface area contributed by atoms with Crippen molar-refractivity contribution in [3.05, 3.63) is 22.7 Å². The molecule has 0 aromatic heterocycles. The zero-order chi connectivity index (χ0) is 15.3. The van der Waals surface area contributed by atoms with Crippen LogP contribution in [0.5, 0.6) is 0 Å². The van der Waals surface area contributed by atoms with Crippen molar-refractivity contribution < 1.29 is 14.3 Å². The van der Waals surface area contributed by atoms with Gasteiger partial charge in [-0.1, -0.05) is 15.9 Å². The summed E-state index contributed by atoms with van der Waals surface area (Å²) in [4.78, 5) is 25.2. The van der Waals surface area contributed by atoms with Crippen LogP contribution in [0.3, 0.4) is 0 Å². The van der Waals surface area contributed by atoms with Crippen molar-refractivity contribution in [1.29, 1.82) is 0 Å². The molecular weight excluding hydrogens is 326 g/mol. The highest BCUT2D eigenvalue weighted by Crippen LogP contribution is 2.28. The monoisotopic (exact) mass is 343 g/mol. The van der Waals surface area contributed by atoms with E-state index in [-0.39, 0.29) is 6.61 Å². The standard InChI is InChI=1S/C13H18BrN3O3/c1-4-20-13(19)11(15)12(18)16-9-7-8(14)5-6-10(9)17(2)3/h5-7,11H,4,15H2,1-3H3,(H,16,18). The van der Waals surface area contributed by atoms with Gasteiger partial charge in [0.2, 0.25) is 0 Å². The number of nitrogens with two attached hydrogens (primary N) is 1. The molecule has 0 aliphatic rings. The summed E-state index contributed by atoms with van der Waals surface area (Å²) in [6, 6.07) is 4.10. The number of hydrogen-bond donors (Lipinski definition) is 2. The summed E-state index contributed by atoms with van der Waals surface area (Å²) in [6.45, 7) is 1.83. The average Bonchev–Trinajstić information content (AvgIpc) is 2.37. The number of nitrogens with one attached hydrogen (secondary N) is 1. The maximum atomic E-state index is 11.9. The molecule has 1 aromatic rings. The molecule has 0 aliphatic heterocycles. The van der Waals surface area contributed by atoms with Gasteiger partial charge in [-0.25, -0.2) is 4.79 Å². The largest absolute Gasteiger partial charge is 0.464 e. The minimum Gasteiger partial charge on any atom is -0.464 e. The molecule has 1 aromatic carbocycles. The topological polar surface area (TPSA) is 84.7 Å². The number of carbonyl (C=O) groups is 2. The van der Waals surface area contributed by atoms with Crippen molar-refractivity contribution in [2.24, 2.45) is 5.73 Å². The minimum absolute atomic E-state index is 0.180. The quantitative estimate of drug-likeness (QED) is 0.622. The predicted octanol–water partition coefficient (Wildman–Crippen LogP) is 1.34. The normalized spacial score (nSPS) is 11.7. The minimum atomic E-state index is -1.34. The zero-order valence-electron chi connectivity index (χ0n) is 11.6. The average molecular weight is 344 g/mol. The molecule has 0 aliphatic carbocycles.